The standard InChI is InChI=1S/C32H54P2S4/c35-33(29-13-5-1-6-14-29,37-31-17-9-3-10-18-31)25-27-21-23-28(24-22-27)26-34(36,30-15-7-2-8-16-30)38-32-19-11-4-12-20-32/h21-24,29-32,35-36H,1-20,25-26H2/q+2. The van der Waals surface area contributed by atoms with Gasteiger partial charge in [-0.05, 0) is 62.5 Å². The van der Waals surface area contributed by atoms with Crippen molar-refractivity contribution in [3.8, 4) is 0 Å². The highest BCUT2D eigenvalue weighted by Crippen LogP contribution is 2.66. The highest BCUT2D eigenvalue weighted by atomic mass is 32.9. The predicted octanol–water partition coefficient (Wildman–Crippen LogP) is 11.7. The fraction of sp³-hybridized carbons (Fsp3) is 0.812. The predicted molar refractivity (Wildman–Crippen MR) is 188 cm³/mol. The maximum absolute atomic E-state index is 5.68. The van der Waals surface area contributed by atoms with Crippen LogP contribution in [-0.4, -0.2) is 21.8 Å². The van der Waals surface area contributed by atoms with Gasteiger partial charge in [-0.2, -0.15) is 0 Å². The third-order valence-corrected chi connectivity index (χ3v) is 28.2. The van der Waals surface area contributed by atoms with Crippen LogP contribution in [0, 0.1) is 0 Å². The molecule has 1 aromatic carbocycles. The first-order chi connectivity index (χ1) is 18.5. The lowest BCUT2D eigenvalue weighted by Gasteiger charge is -2.28. The van der Waals surface area contributed by atoms with Gasteiger partial charge in [-0.15, -0.1) is 0 Å². The highest BCUT2D eigenvalue weighted by Gasteiger charge is 2.41. The number of thiol groups is 2. The van der Waals surface area contributed by atoms with Crippen LogP contribution in [-0.2, 0) is 34.2 Å². The second-order valence-electron chi connectivity index (χ2n) is 13.0. The molecule has 0 bridgehead atoms. The second-order valence-corrected chi connectivity index (χ2v) is 30.9. The summed E-state index contributed by atoms with van der Waals surface area (Å²) in [6, 6.07) is 10.0. The minimum atomic E-state index is -1.34. The van der Waals surface area contributed by atoms with Crippen LogP contribution in [0.1, 0.15) is 140 Å². The Morgan fingerprint density at radius 3 is 1.08 bits per heavy atom. The lowest BCUT2D eigenvalue weighted by atomic mass is 10.0. The van der Waals surface area contributed by atoms with Crippen molar-refractivity contribution in [1.82, 2.24) is 0 Å². The van der Waals surface area contributed by atoms with Gasteiger partial charge >= 0.3 is 0 Å². The third kappa shape index (κ3) is 8.63. The summed E-state index contributed by atoms with van der Waals surface area (Å²) in [6.45, 7) is 0. The topological polar surface area (TPSA) is 0 Å². The first-order valence-corrected chi connectivity index (χ1v) is 25.5. The van der Waals surface area contributed by atoms with Crippen molar-refractivity contribution in [2.45, 2.75) is 163 Å². The smallest absolute Gasteiger partial charge is 0.0967 e. The van der Waals surface area contributed by atoms with Gasteiger partial charge in [0.2, 0.25) is 0 Å². The van der Waals surface area contributed by atoms with E-state index in [4.69, 9.17) is 24.5 Å². The van der Waals surface area contributed by atoms with Gasteiger partial charge in [-0.3, -0.25) is 0 Å². The third-order valence-electron chi connectivity index (χ3n) is 9.90. The lowest BCUT2D eigenvalue weighted by Crippen LogP contribution is -2.17. The normalized spacial score (nSPS) is 26.4. The van der Waals surface area contributed by atoms with Crippen molar-refractivity contribution >= 4 is 56.9 Å². The number of hydrogen-bond acceptors (Lipinski definition) is 0. The molecule has 0 aromatic heterocycles. The summed E-state index contributed by atoms with van der Waals surface area (Å²) in [6.07, 6.45) is 31.3. The Balaban J connectivity index is 1.34. The van der Waals surface area contributed by atoms with Crippen LogP contribution in [0.3, 0.4) is 0 Å². The summed E-state index contributed by atoms with van der Waals surface area (Å²) in [4.78, 5) is 0. The van der Waals surface area contributed by atoms with E-state index in [9.17, 15) is 0 Å². The summed E-state index contributed by atoms with van der Waals surface area (Å²) < 4.78 is 0. The summed E-state index contributed by atoms with van der Waals surface area (Å²) >= 11 is 11.4. The minimum Gasteiger partial charge on any atom is -0.0967 e. The van der Waals surface area contributed by atoms with Crippen molar-refractivity contribution in [1.29, 1.82) is 0 Å². The van der Waals surface area contributed by atoms with Crippen molar-refractivity contribution < 1.29 is 0 Å². The monoisotopic (exact) mass is 628 g/mol. The van der Waals surface area contributed by atoms with Gasteiger partial charge in [0.25, 0.3) is 0 Å². The van der Waals surface area contributed by atoms with Crippen LogP contribution in [0.5, 0.6) is 0 Å². The molecule has 0 spiro atoms. The zero-order valence-electron chi connectivity index (χ0n) is 23.8. The number of rotatable bonds is 8. The van der Waals surface area contributed by atoms with E-state index in [1.54, 1.807) is 11.1 Å². The molecule has 214 valence electrons. The van der Waals surface area contributed by atoms with Crippen LogP contribution in [0.2, 0.25) is 0 Å². The maximum Gasteiger partial charge on any atom is 0.184 e. The molecule has 0 amide bonds. The van der Waals surface area contributed by atoms with E-state index in [2.05, 4.69) is 46.1 Å². The van der Waals surface area contributed by atoms with Crippen molar-refractivity contribution in [3.05, 3.63) is 35.4 Å². The molecule has 2 atom stereocenters. The molecule has 2 unspecified atom stereocenters. The zero-order chi connectivity index (χ0) is 26.3. The van der Waals surface area contributed by atoms with Gasteiger partial charge in [0, 0.05) is 49.3 Å². The Labute approximate surface area is 253 Å². The molecule has 4 saturated carbocycles. The molecule has 1 aromatic rings. The van der Waals surface area contributed by atoms with Gasteiger partial charge in [-0.1, -0.05) is 100 Å². The van der Waals surface area contributed by atoms with E-state index in [-0.39, 0.29) is 0 Å². The largest absolute Gasteiger partial charge is 0.184 e. The van der Waals surface area contributed by atoms with E-state index >= 15 is 0 Å². The van der Waals surface area contributed by atoms with Gasteiger partial charge in [0.15, 0.2) is 42.9 Å². The molecule has 5 rings (SSSR count). The average molecular weight is 629 g/mol. The molecular formula is C32H54P2S4+2. The maximum atomic E-state index is 5.68. The Hall–Kier alpha value is 1.22. The van der Waals surface area contributed by atoms with Crippen molar-refractivity contribution in [3.63, 3.8) is 0 Å². The zero-order valence-corrected chi connectivity index (χ0v) is 29.0. The Bertz CT molecular complexity index is 885. The van der Waals surface area contributed by atoms with E-state index in [1.807, 2.05) is 0 Å². The minimum absolute atomic E-state index is 0.873. The summed E-state index contributed by atoms with van der Waals surface area (Å²) in [5.41, 5.74) is 4.87. The molecule has 4 aliphatic carbocycles. The highest BCUT2D eigenvalue weighted by molar-refractivity contribution is 8.66. The molecule has 6 heteroatoms. The molecule has 4 aliphatic rings. The Kier molecular flexibility index (Phi) is 12.2. The molecular weight excluding hydrogens is 575 g/mol. The van der Waals surface area contributed by atoms with E-state index in [1.165, 1.54) is 141 Å². The SMILES string of the molecule is SP(Cc1ccc(CP(S)(=[S+]C2CCCCC2)C2CCCCC2)cc1)(=[S+]C1CCCCC1)C1CCCCC1. The Morgan fingerprint density at radius 1 is 0.474 bits per heavy atom. The van der Waals surface area contributed by atoms with Crippen LogP contribution in [0.25, 0.3) is 0 Å². The first-order valence-electron chi connectivity index (χ1n) is 16.2. The second kappa shape index (κ2) is 15.1. The summed E-state index contributed by atoms with van der Waals surface area (Å²) in [7, 11) is 4.77. The van der Waals surface area contributed by atoms with Crippen LogP contribution in [0.4, 0.5) is 0 Å². The van der Waals surface area contributed by atoms with Crippen molar-refractivity contribution in [2.75, 3.05) is 0 Å². The summed E-state index contributed by atoms with van der Waals surface area (Å²) in [5.74, 6) is 0. The Morgan fingerprint density at radius 2 is 0.763 bits per heavy atom. The summed E-state index contributed by atoms with van der Waals surface area (Å²) in [5, 5.41) is -0.932. The fourth-order valence-electron chi connectivity index (χ4n) is 7.60. The molecule has 38 heavy (non-hydrogen) atoms. The number of benzene rings is 1. The molecule has 0 radical (unpaired) electrons. The van der Waals surface area contributed by atoms with Crippen LogP contribution in [0.15, 0.2) is 24.3 Å². The first kappa shape index (κ1) is 30.7. The van der Waals surface area contributed by atoms with Gasteiger partial charge < -0.3 is 0 Å². The molecule has 4 fully saturated rings. The van der Waals surface area contributed by atoms with Gasteiger partial charge in [-0.25, -0.2) is 0 Å². The number of hydrogen-bond donors (Lipinski definition) is 2. The quantitative estimate of drug-likeness (QED) is 0.160. The van der Waals surface area contributed by atoms with E-state index in [0.717, 1.165) is 21.8 Å². The van der Waals surface area contributed by atoms with Gasteiger partial charge in [0.05, 0.1) is 0 Å². The average Bonchev–Trinajstić information content (AvgIpc) is 2.96. The van der Waals surface area contributed by atoms with Crippen LogP contribution >= 0.6 is 35.0 Å². The van der Waals surface area contributed by atoms with Gasteiger partial charge in [0.1, 0.15) is 0 Å². The molecule has 0 saturated heterocycles. The van der Waals surface area contributed by atoms with Crippen LogP contribution < -0.4 is 0 Å². The molecule has 0 N–H and O–H groups in total. The lowest BCUT2D eigenvalue weighted by molar-refractivity contribution is 0.511. The molecule has 0 heterocycles. The molecule has 0 aliphatic heterocycles. The van der Waals surface area contributed by atoms with E-state index < -0.39 is 10.5 Å². The van der Waals surface area contributed by atoms with Crippen molar-refractivity contribution in [2.24, 2.45) is 0 Å². The molecule has 0 nitrogen and oxygen atoms in total. The fourth-order valence-corrected chi connectivity index (χ4v) is 27.3. The van der Waals surface area contributed by atoms with E-state index in [0.29, 0.717) is 0 Å².